The van der Waals surface area contributed by atoms with Gasteiger partial charge in [0.05, 0.1) is 19.3 Å². The second-order valence-electron chi connectivity index (χ2n) is 4.93. The van der Waals surface area contributed by atoms with Crippen molar-refractivity contribution in [1.29, 1.82) is 0 Å². The van der Waals surface area contributed by atoms with Gasteiger partial charge in [0.1, 0.15) is 17.5 Å². The summed E-state index contributed by atoms with van der Waals surface area (Å²) in [7, 11) is 0. The van der Waals surface area contributed by atoms with Gasteiger partial charge in [0.15, 0.2) is 0 Å². The van der Waals surface area contributed by atoms with Gasteiger partial charge in [-0.1, -0.05) is 13.8 Å². The maximum Gasteiger partial charge on any atom is 0.134 e. The molecule has 0 aliphatic carbocycles. The Morgan fingerprint density at radius 3 is 2.95 bits per heavy atom. The minimum absolute atomic E-state index is 0.368. The first kappa shape index (κ1) is 14.1. The quantitative estimate of drug-likeness (QED) is 0.882. The Hall–Kier alpha value is -1.36. The molecule has 2 heterocycles. The predicted octanol–water partition coefficient (Wildman–Crippen LogP) is 2.09. The third-order valence-electron chi connectivity index (χ3n) is 3.29. The summed E-state index contributed by atoms with van der Waals surface area (Å²) in [5.41, 5.74) is 0. The molecule has 1 aromatic rings. The van der Waals surface area contributed by atoms with Crippen molar-refractivity contribution in [3.05, 3.63) is 11.9 Å². The van der Waals surface area contributed by atoms with Crippen molar-refractivity contribution in [1.82, 2.24) is 9.97 Å². The van der Waals surface area contributed by atoms with Gasteiger partial charge in [0, 0.05) is 25.6 Å². The van der Waals surface area contributed by atoms with Crippen molar-refractivity contribution < 1.29 is 4.74 Å². The van der Waals surface area contributed by atoms with Gasteiger partial charge in [-0.2, -0.15) is 0 Å². The van der Waals surface area contributed by atoms with Gasteiger partial charge in [-0.05, 0) is 13.3 Å². The average Bonchev–Trinajstić information content (AvgIpc) is 2.45. The molecular formula is C14H24N4O. The molecule has 1 aliphatic heterocycles. The lowest BCUT2D eigenvalue weighted by atomic mass is 10.2. The van der Waals surface area contributed by atoms with Gasteiger partial charge in [-0.15, -0.1) is 0 Å². The van der Waals surface area contributed by atoms with Crippen LogP contribution >= 0.6 is 0 Å². The summed E-state index contributed by atoms with van der Waals surface area (Å²) in [5, 5.41) is 3.35. The lowest BCUT2D eigenvalue weighted by molar-refractivity contribution is 0.0985. The molecule has 1 saturated heterocycles. The number of nitrogens with zero attached hydrogens (tertiary/aromatic N) is 3. The van der Waals surface area contributed by atoms with Gasteiger partial charge < -0.3 is 15.0 Å². The van der Waals surface area contributed by atoms with Crippen LogP contribution in [0.4, 0.5) is 11.6 Å². The Kier molecular flexibility index (Phi) is 4.96. The van der Waals surface area contributed by atoms with Crippen LogP contribution in [0.3, 0.4) is 0 Å². The van der Waals surface area contributed by atoms with Crippen molar-refractivity contribution >= 4 is 11.6 Å². The average molecular weight is 264 g/mol. The molecule has 0 amide bonds. The highest BCUT2D eigenvalue weighted by Gasteiger charge is 2.21. The van der Waals surface area contributed by atoms with E-state index in [2.05, 4.69) is 47.0 Å². The number of aryl methyl sites for hydroxylation is 1. The molecule has 0 radical (unpaired) electrons. The summed E-state index contributed by atoms with van der Waals surface area (Å²) in [5.74, 6) is 2.85. The molecule has 1 unspecified atom stereocenters. The molecule has 1 fully saturated rings. The van der Waals surface area contributed by atoms with Crippen molar-refractivity contribution in [3.63, 3.8) is 0 Å². The Bertz CT molecular complexity index is 410. The zero-order chi connectivity index (χ0) is 13.7. The minimum Gasteiger partial charge on any atom is -0.377 e. The van der Waals surface area contributed by atoms with Crippen LogP contribution in [0, 0.1) is 0 Å². The van der Waals surface area contributed by atoms with Crippen LogP contribution in [0.25, 0.3) is 0 Å². The van der Waals surface area contributed by atoms with Crippen molar-refractivity contribution in [2.75, 3.05) is 36.5 Å². The zero-order valence-corrected chi connectivity index (χ0v) is 12.1. The van der Waals surface area contributed by atoms with E-state index in [-0.39, 0.29) is 0 Å². The van der Waals surface area contributed by atoms with E-state index in [0.29, 0.717) is 6.04 Å². The molecule has 19 heavy (non-hydrogen) atoms. The van der Waals surface area contributed by atoms with E-state index in [1.807, 2.05) is 0 Å². The van der Waals surface area contributed by atoms with Gasteiger partial charge >= 0.3 is 0 Å². The van der Waals surface area contributed by atoms with E-state index in [1.54, 1.807) is 0 Å². The largest absolute Gasteiger partial charge is 0.377 e. The van der Waals surface area contributed by atoms with E-state index in [0.717, 1.165) is 56.6 Å². The van der Waals surface area contributed by atoms with E-state index in [4.69, 9.17) is 4.74 Å². The Morgan fingerprint density at radius 2 is 2.26 bits per heavy atom. The monoisotopic (exact) mass is 264 g/mol. The lowest BCUT2D eigenvalue weighted by Crippen LogP contribution is -2.44. The second-order valence-corrected chi connectivity index (χ2v) is 4.93. The van der Waals surface area contributed by atoms with E-state index < -0.39 is 0 Å². The Labute approximate surface area is 115 Å². The number of hydrogen-bond donors (Lipinski definition) is 1. The summed E-state index contributed by atoms with van der Waals surface area (Å²) in [4.78, 5) is 11.5. The van der Waals surface area contributed by atoms with Gasteiger partial charge in [-0.3, -0.25) is 0 Å². The number of ether oxygens (including phenoxy) is 1. The number of nitrogens with one attached hydrogen (secondary N) is 1. The molecule has 0 aromatic carbocycles. The van der Waals surface area contributed by atoms with Gasteiger partial charge in [0.25, 0.3) is 0 Å². The summed E-state index contributed by atoms with van der Waals surface area (Å²) in [6.07, 6.45) is 1.95. The third-order valence-corrected chi connectivity index (χ3v) is 3.29. The fourth-order valence-corrected chi connectivity index (χ4v) is 2.20. The van der Waals surface area contributed by atoms with E-state index >= 15 is 0 Å². The van der Waals surface area contributed by atoms with E-state index in [9.17, 15) is 0 Å². The molecular weight excluding hydrogens is 240 g/mol. The fraction of sp³-hybridized carbons (Fsp3) is 0.714. The third kappa shape index (κ3) is 3.56. The smallest absolute Gasteiger partial charge is 0.134 e. The number of morpholine rings is 1. The maximum atomic E-state index is 5.48. The van der Waals surface area contributed by atoms with Crippen LogP contribution in [0.5, 0.6) is 0 Å². The molecule has 1 N–H and O–H groups in total. The number of aromatic nitrogens is 2. The van der Waals surface area contributed by atoms with Crippen LogP contribution < -0.4 is 10.2 Å². The Balaban J connectivity index is 2.22. The number of rotatable bonds is 5. The molecule has 1 aliphatic rings. The van der Waals surface area contributed by atoms with Crippen molar-refractivity contribution in [3.8, 4) is 0 Å². The Morgan fingerprint density at radius 1 is 1.42 bits per heavy atom. The predicted molar refractivity (Wildman–Crippen MR) is 77.8 cm³/mol. The summed E-state index contributed by atoms with van der Waals surface area (Å²) < 4.78 is 5.48. The summed E-state index contributed by atoms with van der Waals surface area (Å²) >= 11 is 0. The maximum absolute atomic E-state index is 5.48. The molecule has 2 rings (SSSR count). The van der Waals surface area contributed by atoms with E-state index in [1.165, 1.54) is 0 Å². The molecule has 0 bridgehead atoms. The van der Waals surface area contributed by atoms with Gasteiger partial charge in [-0.25, -0.2) is 9.97 Å². The highest BCUT2D eigenvalue weighted by molar-refractivity contribution is 5.50. The standard InChI is InChI=1S/C14H24N4O/c1-4-6-15-13-9-14(17-12(5-2)16-13)18-7-8-19-10-11(18)3/h9,11H,4-8,10H2,1-3H3,(H,15,16,17). The first-order valence-electron chi connectivity index (χ1n) is 7.20. The molecule has 1 atom stereocenters. The molecule has 106 valence electrons. The molecule has 1 aromatic heterocycles. The van der Waals surface area contributed by atoms with Crippen LogP contribution in [0.1, 0.15) is 33.0 Å². The van der Waals surface area contributed by atoms with Crippen LogP contribution in [0.2, 0.25) is 0 Å². The van der Waals surface area contributed by atoms with Crippen molar-refractivity contribution in [2.24, 2.45) is 0 Å². The minimum atomic E-state index is 0.368. The lowest BCUT2D eigenvalue weighted by Gasteiger charge is -2.34. The second kappa shape index (κ2) is 6.70. The molecule has 5 nitrogen and oxygen atoms in total. The zero-order valence-electron chi connectivity index (χ0n) is 12.1. The topological polar surface area (TPSA) is 50.3 Å². The molecule has 0 saturated carbocycles. The van der Waals surface area contributed by atoms with Crippen LogP contribution in [0.15, 0.2) is 6.07 Å². The number of anilines is 2. The van der Waals surface area contributed by atoms with Gasteiger partial charge in [0.2, 0.25) is 0 Å². The van der Waals surface area contributed by atoms with Crippen LogP contribution in [-0.4, -0.2) is 42.3 Å². The highest BCUT2D eigenvalue weighted by Crippen LogP contribution is 2.20. The normalized spacial score (nSPS) is 19.5. The highest BCUT2D eigenvalue weighted by atomic mass is 16.5. The molecule has 5 heteroatoms. The van der Waals surface area contributed by atoms with Crippen molar-refractivity contribution in [2.45, 2.75) is 39.7 Å². The SMILES string of the molecule is CCCNc1cc(N2CCOCC2C)nc(CC)n1. The first-order chi connectivity index (χ1) is 9.24. The summed E-state index contributed by atoms with van der Waals surface area (Å²) in [6.45, 7) is 9.79. The summed E-state index contributed by atoms with van der Waals surface area (Å²) in [6, 6.07) is 2.42. The first-order valence-corrected chi connectivity index (χ1v) is 7.20. The fourth-order valence-electron chi connectivity index (χ4n) is 2.20. The number of hydrogen-bond acceptors (Lipinski definition) is 5. The van der Waals surface area contributed by atoms with Crippen LogP contribution in [-0.2, 0) is 11.2 Å². The molecule has 0 spiro atoms.